The van der Waals surface area contributed by atoms with Gasteiger partial charge in [-0.1, -0.05) is 0 Å². The zero-order chi connectivity index (χ0) is 18.1. The molecule has 4 rings (SSSR count). The summed E-state index contributed by atoms with van der Waals surface area (Å²) in [6.45, 7) is 3.13. The number of fused-ring (bicyclic) bond motifs is 2. The first-order valence-corrected chi connectivity index (χ1v) is 8.49. The molecule has 1 aliphatic rings. The molecule has 3 heterocycles. The van der Waals surface area contributed by atoms with Crippen molar-refractivity contribution in [1.82, 2.24) is 14.6 Å². The van der Waals surface area contributed by atoms with E-state index in [4.69, 9.17) is 9.84 Å². The Labute approximate surface area is 150 Å². The van der Waals surface area contributed by atoms with Gasteiger partial charge in [0.1, 0.15) is 23.9 Å². The molecule has 0 saturated heterocycles. The van der Waals surface area contributed by atoms with Crippen LogP contribution in [0.2, 0.25) is 0 Å². The topological polar surface area (TPSA) is 92.0 Å². The number of nitrogens with one attached hydrogen (secondary N) is 1. The van der Waals surface area contributed by atoms with Gasteiger partial charge in [0.25, 0.3) is 0 Å². The van der Waals surface area contributed by atoms with E-state index < -0.39 is 5.97 Å². The molecule has 1 aromatic carbocycles. The number of nitrogens with zero attached hydrogens (tertiary/aromatic N) is 4. The molecule has 2 N–H and O–H groups in total. The molecule has 0 aliphatic carbocycles. The van der Waals surface area contributed by atoms with Crippen LogP contribution in [0.5, 0.6) is 5.75 Å². The second-order valence-electron chi connectivity index (χ2n) is 6.01. The summed E-state index contributed by atoms with van der Waals surface area (Å²) in [7, 11) is 0. The van der Waals surface area contributed by atoms with Crippen molar-refractivity contribution in [3.8, 4) is 5.75 Å². The predicted molar refractivity (Wildman–Crippen MR) is 97.4 cm³/mol. The SMILES string of the molecule is CCOc1ccc(Nc2c3c(nc4ccnn24)N(CC(=O)O)CC3)cc1. The normalized spacial score (nSPS) is 13.0. The Morgan fingerprint density at radius 2 is 2.12 bits per heavy atom. The van der Waals surface area contributed by atoms with Gasteiger partial charge in [0.15, 0.2) is 5.65 Å². The third-order valence-electron chi connectivity index (χ3n) is 4.30. The van der Waals surface area contributed by atoms with Crippen LogP contribution in [0.1, 0.15) is 12.5 Å². The molecular weight excluding hydrogens is 334 g/mol. The van der Waals surface area contributed by atoms with Crippen molar-refractivity contribution in [3.05, 3.63) is 42.1 Å². The molecule has 8 nitrogen and oxygen atoms in total. The molecule has 0 unspecified atom stereocenters. The Morgan fingerprint density at radius 3 is 2.85 bits per heavy atom. The molecule has 0 fully saturated rings. The Morgan fingerprint density at radius 1 is 1.31 bits per heavy atom. The maximum absolute atomic E-state index is 11.1. The maximum Gasteiger partial charge on any atom is 0.323 e. The predicted octanol–water partition coefficient (Wildman–Crippen LogP) is 2.32. The number of carboxylic acid groups (broad SMARTS) is 1. The van der Waals surface area contributed by atoms with E-state index in [9.17, 15) is 4.79 Å². The van der Waals surface area contributed by atoms with E-state index in [0.29, 0.717) is 31.0 Å². The van der Waals surface area contributed by atoms with Crippen LogP contribution in [0.4, 0.5) is 17.3 Å². The van der Waals surface area contributed by atoms with Crippen LogP contribution < -0.4 is 15.0 Å². The van der Waals surface area contributed by atoms with E-state index in [1.807, 2.05) is 31.2 Å². The molecule has 134 valence electrons. The third kappa shape index (κ3) is 2.90. The Kier molecular flexibility index (Phi) is 4.08. The van der Waals surface area contributed by atoms with Crippen molar-refractivity contribution in [1.29, 1.82) is 0 Å². The van der Waals surface area contributed by atoms with Crippen LogP contribution in [-0.2, 0) is 11.2 Å². The number of ether oxygens (including phenoxy) is 1. The number of aromatic nitrogens is 3. The summed E-state index contributed by atoms with van der Waals surface area (Å²) in [4.78, 5) is 17.5. The zero-order valence-corrected chi connectivity index (χ0v) is 14.3. The van der Waals surface area contributed by atoms with Crippen molar-refractivity contribution in [2.24, 2.45) is 0 Å². The fourth-order valence-corrected chi connectivity index (χ4v) is 3.19. The van der Waals surface area contributed by atoms with E-state index in [-0.39, 0.29) is 6.54 Å². The quantitative estimate of drug-likeness (QED) is 0.702. The monoisotopic (exact) mass is 353 g/mol. The largest absolute Gasteiger partial charge is 0.494 e. The number of carbonyl (C=O) groups is 1. The molecule has 0 atom stereocenters. The highest BCUT2D eigenvalue weighted by atomic mass is 16.5. The molecule has 0 saturated carbocycles. The summed E-state index contributed by atoms with van der Waals surface area (Å²) in [5, 5.41) is 16.9. The smallest absolute Gasteiger partial charge is 0.323 e. The van der Waals surface area contributed by atoms with Gasteiger partial charge in [0.2, 0.25) is 0 Å². The van der Waals surface area contributed by atoms with Crippen LogP contribution >= 0.6 is 0 Å². The highest BCUT2D eigenvalue weighted by molar-refractivity contribution is 5.78. The van der Waals surface area contributed by atoms with Gasteiger partial charge in [-0.05, 0) is 37.6 Å². The standard InChI is InChI=1S/C18H19N5O3/c1-2-26-13-5-3-12(4-6-13)20-18-14-8-10-22(11-16(24)25)17(14)21-15-7-9-19-23(15)18/h3-7,9,20H,2,8,10-11H2,1H3,(H,24,25). The van der Waals surface area contributed by atoms with E-state index in [2.05, 4.69) is 15.4 Å². The lowest BCUT2D eigenvalue weighted by Gasteiger charge is -2.17. The van der Waals surface area contributed by atoms with Crippen LogP contribution in [0.25, 0.3) is 5.65 Å². The average molecular weight is 353 g/mol. The van der Waals surface area contributed by atoms with E-state index in [1.54, 1.807) is 21.7 Å². The van der Waals surface area contributed by atoms with Crippen molar-refractivity contribution in [2.75, 3.05) is 29.9 Å². The van der Waals surface area contributed by atoms with Gasteiger partial charge >= 0.3 is 5.97 Å². The molecular formula is C18H19N5O3. The summed E-state index contributed by atoms with van der Waals surface area (Å²) in [6.07, 6.45) is 2.40. The summed E-state index contributed by atoms with van der Waals surface area (Å²) < 4.78 is 7.23. The molecule has 1 aliphatic heterocycles. The van der Waals surface area contributed by atoms with Crippen molar-refractivity contribution in [2.45, 2.75) is 13.3 Å². The molecule has 8 heteroatoms. The first kappa shape index (κ1) is 16.2. The number of anilines is 3. The second-order valence-corrected chi connectivity index (χ2v) is 6.01. The van der Waals surface area contributed by atoms with Gasteiger partial charge in [0, 0.05) is 23.9 Å². The fraction of sp³-hybridized carbons (Fsp3) is 0.278. The van der Waals surface area contributed by atoms with Crippen molar-refractivity contribution >= 4 is 28.9 Å². The molecule has 3 aromatic rings. The lowest BCUT2D eigenvalue weighted by molar-refractivity contribution is -0.135. The van der Waals surface area contributed by atoms with E-state index in [1.165, 1.54) is 0 Å². The Bertz CT molecular complexity index is 951. The minimum Gasteiger partial charge on any atom is -0.494 e. The molecule has 2 aromatic heterocycles. The molecule has 0 radical (unpaired) electrons. The summed E-state index contributed by atoms with van der Waals surface area (Å²) in [5.41, 5.74) is 2.54. The van der Waals surface area contributed by atoms with Gasteiger partial charge in [-0.2, -0.15) is 9.61 Å². The van der Waals surface area contributed by atoms with Gasteiger partial charge in [-0.3, -0.25) is 4.79 Å². The third-order valence-corrected chi connectivity index (χ3v) is 4.30. The number of carboxylic acids is 1. The van der Waals surface area contributed by atoms with Crippen LogP contribution in [0.3, 0.4) is 0 Å². The number of hydrogen-bond donors (Lipinski definition) is 2. The fourth-order valence-electron chi connectivity index (χ4n) is 3.19. The summed E-state index contributed by atoms with van der Waals surface area (Å²) in [5.74, 6) is 1.46. The second kappa shape index (κ2) is 6.55. The first-order valence-electron chi connectivity index (χ1n) is 8.49. The highest BCUT2D eigenvalue weighted by Gasteiger charge is 2.27. The number of hydrogen-bond acceptors (Lipinski definition) is 6. The van der Waals surface area contributed by atoms with E-state index >= 15 is 0 Å². The van der Waals surface area contributed by atoms with Gasteiger partial charge in [0.05, 0.1) is 12.8 Å². The van der Waals surface area contributed by atoms with Crippen LogP contribution in [0, 0.1) is 0 Å². The molecule has 26 heavy (non-hydrogen) atoms. The lowest BCUT2D eigenvalue weighted by Crippen LogP contribution is -2.28. The van der Waals surface area contributed by atoms with Gasteiger partial charge in [-0.25, -0.2) is 4.98 Å². The van der Waals surface area contributed by atoms with Crippen molar-refractivity contribution < 1.29 is 14.6 Å². The van der Waals surface area contributed by atoms with E-state index in [0.717, 1.165) is 22.8 Å². The van der Waals surface area contributed by atoms with Crippen LogP contribution in [-0.4, -0.2) is 45.4 Å². The Balaban J connectivity index is 1.72. The summed E-state index contributed by atoms with van der Waals surface area (Å²) >= 11 is 0. The minimum absolute atomic E-state index is 0.0627. The van der Waals surface area contributed by atoms with Gasteiger partial charge in [-0.15, -0.1) is 0 Å². The first-order chi connectivity index (χ1) is 12.7. The van der Waals surface area contributed by atoms with Gasteiger partial charge < -0.3 is 20.1 Å². The molecule has 0 bridgehead atoms. The average Bonchev–Trinajstić information content (AvgIpc) is 3.24. The number of rotatable bonds is 6. The lowest BCUT2D eigenvalue weighted by atomic mass is 10.2. The minimum atomic E-state index is -0.867. The maximum atomic E-state index is 11.1. The highest BCUT2D eigenvalue weighted by Crippen LogP contribution is 2.34. The van der Waals surface area contributed by atoms with Crippen LogP contribution in [0.15, 0.2) is 36.5 Å². The number of benzene rings is 1. The summed E-state index contributed by atoms with van der Waals surface area (Å²) in [6, 6.07) is 9.50. The molecule has 0 spiro atoms. The zero-order valence-electron chi connectivity index (χ0n) is 14.3. The number of aliphatic carboxylic acids is 1. The molecule has 0 amide bonds. The Hall–Kier alpha value is -3.29. The van der Waals surface area contributed by atoms with Crippen molar-refractivity contribution in [3.63, 3.8) is 0 Å².